The Morgan fingerprint density at radius 1 is 1.40 bits per heavy atom. The molecule has 0 bridgehead atoms. The van der Waals surface area contributed by atoms with E-state index in [4.69, 9.17) is 5.11 Å². The summed E-state index contributed by atoms with van der Waals surface area (Å²) in [7, 11) is 0. The summed E-state index contributed by atoms with van der Waals surface area (Å²) in [4.78, 5) is 19.2. The summed E-state index contributed by atoms with van der Waals surface area (Å²) >= 11 is 0. The molecule has 2 atom stereocenters. The van der Waals surface area contributed by atoms with Crippen LogP contribution in [0, 0.1) is 0 Å². The second-order valence-corrected chi connectivity index (χ2v) is 4.42. The van der Waals surface area contributed by atoms with Crippen LogP contribution in [0.1, 0.15) is 22.6 Å². The molecule has 110 valence electrons. The van der Waals surface area contributed by atoms with Crippen molar-refractivity contribution in [1.82, 2.24) is 14.9 Å². The maximum Gasteiger partial charge on any atom is 0.451 e. The van der Waals surface area contributed by atoms with Crippen LogP contribution in [0.25, 0.3) is 0 Å². The SMILES string of the molecule is O=C(c1cnc(C(F)(F)F)nc1)N1C[C@@H](F)C[C@H]1CO. The first-order valence-electron chi connectivity index (χ1n) is 5.78. The van der Waals surface area contributed by atoms with Crippen molar-refractivity contribution < 1.29 is 27.5 Å². The average Bonchev–Trinajstić information content (AvgIpc) is 2.78. The molecule has 1 saturated heterocycles. The van der Waals surface area contributed by atoms with E-state index < -0.39 is 36.7 Å². The maximum atomic E-state index is 13.2. The fourth-order valence-electron chi connectivity index (χ4n) is 2.03. The summed E-state index contributed by atoms with van der Waals surface area (Å²) in [5.74, 6) is -2.05. The lowest BCUT2D eigenvalue weighted by Crippen LogP contribution is -2.38. The molecule has 0 radical (unpaired) electrons. The standard InChI is InChI=1S/C11H11F4N3O2/c12-7-1-8(5-19)18(4-7)9(20)6-2-16-10(17-3-6)11(13,14)15/h2-3,7-8,19H,1,4-5H2/t7-,8-/m0/s1. The first-order chi connectivity index (χ1) is 9.32. The molecule has 1 aliphatic rings. The molecular weight excluding hydrogens is 282 g/mol. The molecule has 2 rings (SSSR count). The van der Waals surface area contributed by atoms with E-state index in [9.17, 15) is 22.4 Å². The van der Waals surface area contributed by atoms with E-state index >= 15 is 0 Å². The van der Waals surface area contributed by atoms with Crippen LogP contribution in [-0.4, -0.2) is 51.2 Å². The van der Waals surface area contributed by atoms with Gasteiger partial charge in [-0.15, -0.1) is 0 Å². The molecule has 0 spiro atoms. The first-order valence-corrected chi connectivity index (χ1v) is 5.78. The van der Waals surface area contributed by atoms with Crippen LogP contribution < -0.4 is 0 Å². The molecule has 1 aliphatic heterocycles. The van der Waals surface area contributed by atoms with Crippen LogP contribution in [0.2, 0.25) is 0 Å². The number of carbonyl (C=O) groups excluding carboxylic acids is 1. The second kappa shape index (κ2) is 5.31. The van der Waals surface area contributed by atoms with Gasteiger partial charge in [0.25, 0.3) is 5.91 Å². The number of aliphatic hydroxyl groups is 1. The van der Waals surface area contributed by atoms with Crippen molar-refractivity contribution >= 4 is 5.91 Å². The molecule has 0 saturated carbocycles. The zero-order valence-corrected chi connectivity index (χ0v) is 10.1. The molecule has 0 aliphatic carbocycles. The van der Waals surface area contributed by atoms with Crippen LogP contribution >= 0.6 is 0 Å². The summed E-state index contributed by atoms with van der Waals surface area (Å²) in [6.45, 7) is -0.612. The summed E-state index contributed by atoms with van der Waals surface area (Å²) in [6, 6.07) is -0.681. The zero-order valence-electron chi connectivity index (χ0n) is 10.1. The van der Waals surface area contributed by atoms with Gasteiger partial charge in [-0.1, -0.05) is 0 Å². The Balaban J connectivity index is 2.17. The van der Waals surface area contributed by atoms with Crippen molar-refractivity contribution in [3.8, 4) is 0 Å². The van der Waals surface area contributed by atoms with Crippen molar-refractivity contribution in [3.05, 3.63) is 23.8 Å². The zero-order chi connectivity index (χ0) is 14.9. The van der Waals surface area contributed by atoms with Gasteiger partial charge >= 0.3 is 6.18 Å². The summed E-state index contributed by atoms with van der Waals surface area (Å²) in [6.07, 6.45) is -4.45. The topological polar surface area (TPSA) is 66.3 Å². The van der Waals surface area contributed by atoms with Gasteiger partial charge in [-0.25, -0.2) is 14.4 Å². The van der Waals surface area contributed by atoms with E-state index in [1.54, 1.807) is 0 Å². The van der Waals surface area contributed by atoms with Crippen LogP contribution in [0.5, 0.6) is 0 Å². The normalized spacial score (nSPS) is 23.1. The molecule has 1 amide bonds. The Morgan fingerprint density at radius 2 is 2.00 bits per heavy atom. The molecule has 1 fully saturated rings. The summed E-state index contributed by atoms with van der Waals surface area (Å²) < 4.78 is 50.1. The number of amides is 1. The van der Waals surface area contributed by atoms with E-state index in [0.717, 1.165) is 17.3 Å². The smallest absolute Gasteiger partial charge is 0.394 e. The number of likely N-dealkylation sites (tertiary alicyclic amines) is 1. The summed E-state index contributed by atoms with van der Waals surface area (Å²) in [5.41, 5.74) is -0.175. The highest BCUT2D eigenvalue weighted by Crippen LogP contribution is 2.26. The highest BCUT2D eigenvalue weighted by molar-refractivity contribution is 5.94. The molecule has 1 N–H and O–H groups in total. The number of hydrogen-bond acceptors (Lipinski definition) is 4. The molecule has 9 heteroatoms. The van der Waals surface area contributed by atoms with Gasteiger partial charge in [0.15, 0.2) is 0 Å². The van der Waals surface area contributed by atoms with Crippen molar-refractivity contribution in [3.63, 3.8) is 0 Å². The van der Waals surface area contributed by atoms with Gasteiger partial charge in [-0.05, 0) is 0 Å². The Labute approximate surface area is 111 Å². The number of halogens is 4. The lowest BCUT2D eigenvalue weighted by molar-refractivity contribution is -0.145. The number of nitrogens with zero attached hydrogens (tertiary/aromatic N) is 3. The van der Waals surface area contributed by atoms with Gasteiger partial charge < -0.3 is 10.0 Å². The maximum absolute atomic E-state index is 13.2. The van der Waals surface area contributed by atoms with Gasteiger partial charge in [0.2, 0.25) is 5.82 Å². The van der Waals surface area contributed by atoms with E-state index in [1.165, 1.54) is 0 Å². The number of hydrogen-bond donors (Lipinski definition) is 1. The monoisotopic (exact) mass is 293 g/mol. The predicted molar refractivity (Wildman–Crippen MR) is 58.5 cm³/mol. The van der Waals surface area contributed by atoms with Crippen LogP contribution in [-0.2, 0) is 6.18 Å². The molecule has 0 unspecified atom stereocenters. The Morgan fingerprint density at radius 3 is 2.50 bits per heavy atom. The third-order valence-corrected chi connectivity index (χ3v) is 2.99. The minimum atomic E-state index is -4.69. The van der Waals surface area contributed by atoms with Crippen molar-refractivity contribution in [2.24, 2.45) is 0 Å². The van der Waals surface area contributed by atoms with E-state index in [2.05, 4.69) is 9.97 Å². The largest absolute Gasteiger partial charge is 0.451 e. The number of aromatic nitrogens is 2. The molecular formula is C11H11F4N3O2. The van der Waals surface area contributed by atoms with Crippen LogP contribution in [0.15, 0.2) is 12.4 Å². The van der Waals surface area contributed by atoms with Gasteiger partial charge in [0.05, 0.1) is 24.8 Å². The van der Waals surface area contributed by atoms with E-state index in [-0.39, 0.29) is 18.5 Å². The van der Waals surface area contributed by atoms with Crippen molar-refractivity contribution in [2.75, 3.05) is 13.2 Å². The first kappa shape index (κ1) is 14.6. The van der Waals surface area contributed by atoms with Gasteiger partial charge in [0.1, 0.15) is 6.17 Å². The Hall–Kier alpha value is -1.77. The van der Waals surface area contributed by atoms with Crippen LogP contribution in [0.3, 0.4) is 0 Å². The minimum absolute atomic E-state index is 0.00370. The quantitative estimate of drug-likeness (QED) is 0.827. The van der Waals surface area contributed by atoms with Gasteiger partial charge in [-0.2, -0.15) is 13.2 Å². The van der Waals surface area contributed by atoms with Crippen molar-refractivity contribution in [2.45, 2.75) is 24.8 Å². The third-order valence-electron chi connectivity index (χ3n) is 2.99. The highest BCUT2D eigenvalue weighted by atomic mass is 19.4. The molecule has 2 heterocycles. The molecule has 1 aromatic rings. The highest BCUT2D eigenvalue weighted by Gasteiger charge is 2.37. The van der Waals surface area contributed by atoms with Gasteiger partial charge in [-0.3, -0.25) is 4.79 Å². The van der Waals surface area contributed by atoms with Crippen molar-refractivity contribution in [1.29, 1.82) is 0 Å². The predicted octanol–water partition coefficient (Wildman–Crippen LogP) is 1.04. The minimum Gasteiger partial charge on any atom is -0.394 e. The Kier molecular flexibility index (Phi) is 3.89. The molecule has 20 heavy (non-hydrogen) atoms. The van der Waals surface area contributed by atoms with E-state index in [0.29, 0.717) is 0 Å². The Bertz CT molecular complexity index is 491. The van der Waals surface area contributed by atoms with E-state index in [1.807, 2.05) is 0 Å². The van der Waals surface area contributed by atoms with Gasteiger partial charge in [0, 0.05) is 18.8 Å². The van der Waals surface area contributed by atoms with Crippen LogP contribution in [0.4, 0.5) is 17.6 Å². The second-order valence-electron chi connectivity index (χ2n) is 4.42. The number of aliphatic hydroxyl groups excluding tert-OH is 1. The summed E-state index contributed by atoms with van der Waals surface area (Å²) in [5, 5.41) is 9.06. The number of alkyl halides is 4. The fraction of sp³-hybridized carbons (Fsp3) is 0.545. The average molecular weight is 293 g/mol. The molecule has 5 nitrogen and oxygen atoms in total. The molecule has 0 aromatic carbocycles. The number of rotatable bonds is 2. The number of carbonyl (C=O) groups is 1. The fourth-order valence-corrected chi connectivity index (χ4v) is 2.03. The lowest BCUT2D eigenvalue weighted by atomic mass is 10.2. The third kappa shape index (κ3) is 2.87. The molecule has 1 aromatic heterocycles. The lowest BCUT2D eigenvalue weighted by Gasteiger charge is -2.22.